The zero-order chi connectivity index (χ0) is 14.4. The lowest BCUT2D eigenvalue weighted by atomic mass is 10.1. The number of nitrogens with one attached hydrogen (secondary N) is 1. The van der Waals surface area contributed by atoms with Crippen LogP contribution in [-0.4, -0.2) is 13.0 Å². The minimum Gasteiger partial charge on any atom is -0.497 e. The van der Waals surface area contributed by atoms with Gasteiger partial charge in [0, 0.05) is 12.2 Å². The van der Waals surface area contributed by atoms with E-state index in [1.54, 1.807) is 7.11 Å². The molecule has 0 atom stereocenters. The Morgan fingerprint density at radius 2 is 1.90 bits per heavy atom. The molecule has 2 aromatic rings. The van der Waals surface area contributed by atoms with Crippen molar-refractivity contribution in [1.82, 2.24) is 5.32 Å². The van der Waals surface area contributed by atoms with Crippen molar-refractivity contribution in [2.75, 3.05) is 12.8 Å². The third-order valence-electron chi connectivity index (χ3n) is 2.97. The molecule has 3 N–H and O–H groups in total. The van der Waals surface area contributed by atoms with Crippen LogP contribution in [0.15, 0.2) is 48.5 Å². The lowest BCUT2D eigenvalue weighted by Gasteiger charge is -2.07. The third-order valence-corrected chi connectivity index (χ3v) is 2.97. The molecule has 2 rings (SSSR count). The summed E-state index contributed by atoms with van der Waals surface area (Å²) in [6.45, 7) is 0.503. The van der Waals surface area contributed by atoms with E-state index in [-0.39, 0.29) is 5.91 Å². The molecule has 0 aliphatic carbocycles. The fourth-order valence-corrected chi connectivity index (χ4v) is 1.87. The maximum Gasteiger partial charge on any atom is 0.224 e. The van der Waals surface area contributed by atoms with Crippen LogP contribution in [0.5, 0.6) is 5.75 Å². The highest BCUT2D eigenvalue weighted by Gasteiger charge is 2.04. The number of amides is 1. The first-order chi connectivity index (χ1) is 9.67. The quantitative estimate of drug-likeness (QED) is 0.818. The second-order valence-electron chi connectivity index (χ2n) is 4.55. The van der Waals surface area contributed by atoms with E-state index in [1.165, 1.54) is 0 Å². The Morgan fingerprint density at radius 3 is 2.60 bits per heavy atom. The summed E-state index contributed by atoms with van der Waals surface area (Å²) in [7, 11) is 1.61. The van der Waals surface area contributed by atoms with Gasteiger partial charge in [-0.2, -0.15) is 0 Å². The van der Waals surface area contributed by atoms with Crippen molar-refractivity contribution in [2.24, 2.45) is 0 Å². The van der Waals surface area contributed by atoms with Crippen LogP contribution < -0.4 is 15.8 Å². The fourth-order valence-electron chi connectivity index (χ4n) is 1.87. The van der Waals surface area contributed by atoms with Crippen molar-refractivity contribution in [3.8, 4) is 5.75 Å². The molecule has 0 saturated heterocycles. The van der Waals surface area contributed by atoms with Crippen LogP contribution >= 0.6 is 0 Å². The molecule has 0 fully saturated rings. The summed E-state index contributed by atoms with van der Waals surface area (Å²) >= 11 is 0. The van der Waals surface area contributed by atoms with Gasteiger partial charge in [0.25, 0.3) is 0 Å². The third kappa shape index (κ3) is 4.02. The molecular weight excluding hydrogens is 252 g/mol. The van der Waals surface area contributed by atoms with E-state index in [0.29, 0.717) is 13.0 Å². The van der Waals surface area contributed by atoms with Gasteiger partial charge in [0.2, 0.25) is 5.91 Å². The van der Waals surface area contributed by atoms with E-state index >= 15 is 0 Å². The molecule has 0 unspecified atom stereocenters. The zero-order valence-electron chi connectivity index (χ0n) is 11.4. The Labute approximate surface area is 118 Å². The number of rotatable bonds is 5. The molecule has 4 nitrogen and oxygen atoms in total. The fraction of sp³-hybridized carbons (Fsp3) is 0.188. The van der Waals surface area contributed by atoms with Crippen LogP contribution in [0.2, 0.25) is 0 Å². The molecule has 0 bridgehead atoms. The van der Waals surface area contributed by atoms with Gasteiger partial charge in [0.15, 0.2) is 0 Å². The highest BCUT2D eigenvalue weighted by molar-refractivity contribution is 5.78. The number of hydrogen-bond acceptors (Lipinski definition) is 3. The Kier molecular flexibility index (Phi) is 4.60. The van der Waals surface area contributed by atoms with E-state index in [4.69, 9.17) is 10.5 Å². The van der Waals surface area contributed by atoms with Gasteiger partial charge in [0.1, 0.15) is 5.75 Å². The highest BCUT2D eigenvalue weighted by atomic mass is 16.5. The van der Waals surface area contributed by atoms with E-state index < -0.39 is 0 Å². The molecule has 20 heavy (non-hydrogen) atoms. The number of anilines is 1. The maximum atomic E-state index is 11.9. The monoisotopic (exact) mass is 270 g/mol. The summed E-state index contributed by atoms with van der Waals surface area (Å²) in [4.78, 5) is 11.9. The molecular formula is C16H18N2O2. The molecule has 2 aromatic carbocycles. The van der Waals surface area contributed by atoms with Gasteiger partial charge >= 0.3 is 0 Å². The number of carbonyl (C=O) groups is 1. The largest absolute Gasteiger partial charge is 0.497 e. The van der Waals surface area contributed by atoms with Crippen molar-refractivity contribution in [2.45, 2.75) is 13.0 Å². The second kappa shape index (κ2) is 6.61. The summed E-state index contributed by atoms with van der Waals surface area (Å²) < 4.78 is 5.13. The lowest BCUT2D eigenvalue weighted by molar-refractivity contribution is -0.120. The topological polar surface area (TPSA) is 64.3 Å². The first-order valence-electron chi connectivity index (χ1n) is 6.41. The molecule has 0 spiro atoms. The minimum atomic E-state index is -0.0184. The number of nitrogens with two attached hydrogens (primary N) is 1. The van der Waals surface area contributed by atoms with E-state index in [2.05, 4.69) is 5.32 Å². The predicted octanol–water partition coefficient (Wildman–Crippen LogP) is 2.14. The molecule has 104 valence electrons. The van der Waals surface area contributed by atoms with Gasteiger partial charge in [-0.25, -0.2) is 0 Å². The molecule has 0 saturated carbocycles. The summed E-state index contributed by atoms with van der Waals surface area (Å²) in [5.41, 5.74) is 8.29. The normalized spacial score (nSPS) is 10.1. The maximum absolute atomic E-state index is 11.9. The van der Waals surface area contributed by atoms with E-state index in [0.717, 1.165) is 22.6 Å². The van der Waals surface area contributed by atoms with Gasteiger partial charge in [-0.15, -0.1) is 0 Å². The number of ether oxygens (including phenoxy) is 1. The molecule has 0 heterocycles. The number of nitrogen functional groups attached to an aromatic ring is 1. The Bertz CT molecular complexity index is 579. The average molecular weight is 270 g/mol. The predicted molar refractivity (Wildman–Crippen MR) is 79.4 cm³/mol. The highest BCUT2D eigenvalue weighted by Crippen LogP contribution is 2.13. The number of methoxy groups -OCH3 is 1. The van der Waals surface area contributed by atoms with Crippen molar-refractivity contribution >= 4 is 11.6 Å². The summed E-state index contributed by atoms with van der Waals surface area (Å²) in [6.07, 6.45) is 0.339. The first kappa shape index (κ1) is 13.9. The first-order valence-corrected chi connectivity index (χ1v) is 6.41. The summed E-state index contributed by atoms with van der Waals surface area (Å²) in [6, 6.07) is 15.0. The van der Waals surface area contributed by atoms with Crippen LogP contribution in [0, 0.1) is 0 Å². The molecule has 1 amide bonds. The molecule has 0 aliphatic rings. The van der Waals surface area contributed by atoms with Gasteiger partial charge in [-0.05, 0) is 35.4 Å². The van der Waals surface area contributed by atoms with Crippen molar-refractivity contribution in [3.63, 3.8) is 0 Å². The van der Waals surface area contributed by atoms with Crippen molar-refractivity contribution in [3.05, 3.63) is 59.7 Å². The average Bonchev–Trinajstić information content (AvgIpc) is 2.47. The Hall–Kier alpha value is -2.49. The zero-order valence-corrected chi connectivity index (χ0v) is 11.4. The van der Waals surface area contributed by atoms with Crippen LogP contribution in [0.4, 0.5) is 5.69 Å². The minimum absolute atomic E-state index is 0.0184. The number of benzene rings is 2. The lowest BCUT2D eigenvalue weighted by Crippen LogP contribution is -2.24. The van der Waals surface area contributed by atoms with Crippen LogP contribution in [0.3, 0.4) is 0 Å². The number of carbonyl (C=O) groups excluding carboxylic acids is 1. The summed E-state index contributed by atoms with van der Waals surface area (Å²) in [5.74, 6) is 0.740. The van der Waals surface area contributed by atoms with E-state index in [9.17, 15) is 4.79 Å². The molecule has 0 aromatic heterocycles. The van der Waals surface area contributed by atoms with Crippen molar-refractivity contribution < 1.29 is 9.53 Å². The van der Waals surface area contributed by atoms with Crippen molar-refractivity contribution in [1.29, 1.82) is 0 Å². The number of hydrogen-bond donors (Lipinski definition) is 2. The SMILES string of the molecule is COc1cccc(CC(=O)NCc2ccc(N)cc2)c1. The second-order valence-corrected chi connectivity index (χ2v) is 4.55. The van der Waals surface area contributed by atoms with Gasteiger partial charge in [-0.1, -0.05) is 24.3 Å². The molecule has 0 aliphatic heterocycles. The Balaban J connectivity index is 1.87. The van der Waals surface area contributed by atoms with Crippen LogP contribution in [-0.2, 0) is 17.8 Å². The summed E-state index contributed by atoms with van der Waals surface area (Å²) in [5, 5.41) is 2.88. The van der Waals surface area contributed by atoms with Crippen LogP contribution in [0.25, 0.3) is 0 Å². The van der Waals surface area contributed by atoms with Gasteiger partial charge in [0.05, 0.1) is 13.5 Å². The standard InChI is InChI=1S/C16H18N2O2/c1-20-15-4-2-3-13(9-15)10-16(19)18-11-12-5-7-14(17)8-6-12/h2-9H,10-11,17H2,1H3,(H,18,19). The van der Waals surface area contributed by atoms with Gasteiger partial charge in [-0.3, -0.25) is 4.79 Å². The van der Waals surface area contributed by atoms with Gasteiger partial charge < -0.3 is 15.8 Å². The van der Waals surface area contributed by atoms with E-state index in [1.807, 2.05) is 48.5 Å². The molecule has 4 heteroatoms. The Morgan fingerprint density at radius 1 is 1.15 bits per heavy atom. The van der Waals surface area contributed by atoms with Crippen LogP contribution in [0.1, 0.15) is 11.1 Å². The smallest absolute Gasteiger partial charge is 0.224 e. The molecule has 0 radical (unpaired) electrons.